The lowest BCUT2D eigenvalue weighted by Crippen LogP contribution is -2.43. The van der Waals surface area contributed by atoms with Gasteiger partial charge in [-0.15, -0.1) is 11.8 Å². The molecule has 0 aliphatic carbocycles. The van der Waals surface area contributed by atoms with Crippen LogP contribution < -0.4 is 4.90 Å². The van der Waals surface area contributed by atoms with Crippen LogP contribution in [0.3, 0.4) is 0 Å². The van der Waals surface area contributed by atoms with Gasteiger partial charge in [0.1, 0.15) is 0 Å². The second-order valence-electron chi connectivity index (χ2n) is 6.67. The molecule has 0 amide bonds. The van der Waals surface area contributed by atoms with Crippen molar-refractivity contribution in [3.63, 3.8) is 0 Å². The zero-order valence-corrected chi connectivity index (χ0v) is 19.3. The smallest absolute Gasteiger partial charge is 0.388 e. The highest BCUT2D eigenvalue weighted by Crippen LogP contribution is 2.39. The number of nitrogens with zero attached hydrogens (tertiary/aromatic N) is 2. The summed E-state index contributed by atoms with van der Waals surface area (Å²) in [4.78, 5) is 2.16. The van der Waals surface area contributed by atoms with Gasteiger partial charge in [0, 0.05) is 46.1 Å². The van der Waals surface area contributed by atoms with Gasteiger partial charge in [-0.3, -0.25) is 0 Å². The quantitative estimate of drug-likeness (QED) is 0.605. The first-order valence-electron chi connectivity index (χ1n) is 9.32. The summed E-state index contributed by atoms with van der Waals surface area (Å²) in [5.41, 5.74) is -2.09. The summed E-state index contributed by atoms with van der Waals surface area (Å²) < 4.78 is 46.7. The normalized spacial score (nSPS) is 18.1. The lowest BCUT2D eigenvalue weighted by Gasteiger charge is -2.36. The molecule has 1 aromatic carbocycles. The number of hydrogen-bond acceptors (Lipinski definition) is 6. The number of piperazine rings is 1. The Morgan fingerprint density at radius 1 is 1.14 bits per heavy atom. The van der Waals surface area contributed by atoms with E-state index >= 15 is 0 Å². The van der Waals surface area contributed by atoms with E-state index in [2.05, 4.69) is 33.2 Å². The van der Waals surface area contributed by atoms with Gasteiger partial charge in [-0.25, -0.2) is 4.31 Å². The molecule has 0 spiro atoms. The van der Waals surface area contributed by atoms with Crippen LogP contribution in [0.4, 0.5) is 18.9 Å². The average Bonchev–Trinajstić information content (AvgIpc) is 2.68. The first-order valence-corrected chi connectivity index (χ1v) is 11.3. The molecule has 1 aliphatic rings. The monoisotopic (exact) mass is 452 g/mol. The number of hydrogen-bond donors (Lipinski definition) is 1. The Bertz CT molecular complexity index is 630. The number of thioether (sulfide) groups is 1. The predicted molar refractivity (Wildman–Crippen MR) is 118 cm³/mol. The molecule has 0 bridgehead atoms. The molecule has 4 nitrogen and oxygen atoms in total. The van der Waals surface area contributed by atoms with Crippen molar-refractivity contribution < 1.29 is 23.0 Å². The van der Waals surface area contributed by atoms with Gasteiger partial charge in [0.15, 0.2) is 5.60 Å². The molecule has 0 aromatic heterocycles. The van der Waals surface area contributed by atoms with Crippen LogP contribution >= 0.6 is 23.7 Å². The number of anilines is 1. The van der Waals surface area contributed by atoms with Gasteiger partial charge in [-0.2, -0.15) is 13.2 Å². The highest BCUT2D eigenvalue weighted by atomic mass is 32.2. The molecule has 1 atom stereocenters. The zero-order valence-electron chi connectivity index (χ0n) is 17.6. The van der Waals surface area contributed by atoms with Gasteiger partial charge >= 0.3 is 6.18 Å². The molecule has 1 saturated heterocycles. The number of aliphatic hydroxyl groups is 1. The van der Waals surface area contributed by atoms with E-state index in [1.54, 1.807) is 50.1 Å². The van der Waals surface area contributed by atoms with Crippen LogP contribution in [0.25, 0.3) is 0 Å². The predicted octanol–water partition coefficient (Wildman–Crippen LogP) is 5.10. The molecule has 9 heteroatoms. The molecular weight excluding hydrogens is 421 g/mol. The fraction of sp³-hybridized carbons (Fsp3) is 0.600. The van der Waals surface area contributed by atoms with Crippen LogP contribution in [0.2, 0.25) is 0 Å². The summed E-state index contributed by atoms with van der Waals surface area (Å²) in [5, 5.41) is 9.75. The maximum Gasteiger partial charge on any atom is 0.421 e. The van der Waals surface area contributed by atoms with Crippen molar-refractivity contribution in [2.24, 2.45) is 0 Å². The lowest BCUT2D eigenvalue weighted by atomic mass is 9.95. The van der Waals surface area contributed by atoms with E-state index in [-0.39, 0.29) is 5.56 Å². The molecule has 1 fully saturated rings. The van der Waals surface area contributed by atoms with Crippen molar-refractivity contribution in [1.29, 1.82) is 0 Å². The summed E-state index contributed by atoms with van der Waals surface area (Å²) in [6.07, 6.45) is 0.602. The number of ether oxygens (including phenoxy) is 1. The average molecular weight is 453 g/mol. The van der Waals surface area contributed by atoms with Crippen molar-refractivity contribution in [1.82, 2.24) is 4.31 Å². The van der Waals surface area contributed by atoms with E-state index in [9.17, 15) is 18.3 Å². The fourth-order valence-electron chi connectivity index (χ4n) is 2.65. The Morgan fingerprint density at radius 2 is 1.66 bits per heavy atom. The van der Waals surface area contributed by atoms with Crippen LogP contribution in [0.15, 0.2) is 34.6 Å². The van der Waals surface area contributed by atoms with Crippen LogP contribution in [0.5, 0.6) is 0 Å². The Labute approximate surface area is 180 Å². The number of methoxy groups -OCH3 is 1. The third-order valence-electron chi connectivity index (χ3n) is 4.38. The van der Waals surface area contributed by atoms with Gasteiger partial charge in [0.05, 0.1) is 4.24 Å². The summed E-state index contributed by atoms with van der Waals surface area (Å²) in [6.45, 7) is 6.30. The molecule has 0 saturated carbocycles. The van der Waals surface area contributed by atoms with Gasteiger partial charge in [-0.1, -0.05) is 25.1 Å². The van der Waals surface area contributed by atoms with E-state index < -0.39 is 11.8 Å². The first kappa shape index (κ1) is 26.2. The molecule has 1 unspecified atom stereocenters. The third-order valence-corrected chi connectivity index (χ3v) is 6.64. The summed E-state index contributed by atoms with van der Waals surface area (Å²) >= 11 is 3.51. The van der Waals surface area contributed by atoms with E-state index in [0.717, 1.165) is 45.2 Å². The number of rotatable bonds is 6. The van der Waals surface area contributed by atoms with Crippen LogP contribution in [-0.2, 0) is 10.3 Å². The van der Waals surface area contributed by atoms with Crippen molar-refractivity contribution in [3.05, 3.63) is 40.1 Å². The molecule has 0 radical (unpaired) electrons. The maximum absolute atomic E-state index is 12.9. The van der Waals surface area contributed by atoms with Crippen LogP contribution in [-0.4, -0.2) is 62.2 Å². The van der Waals surface area contributed by atoms with E-state index in [1.807, 2.05) is 0 Å². The maximum atomic E-state index is 12.9. The third kappa shape index (κ3) is 7.71. The van der Waals surface area contributed by atoms with Crippen molar-refractivity contribution in [3.8, 4) is 0 Å². The first-order chi connectivity index (χ1) is 13.6. The highest BCUT2D eigenvalue weighted by Gasteiger charge is 2.51. The summed E-state index contributed by atoms with van der Waals surface area (Å²) in [7, 11) is 3.25. The molecule has 1 aliphatic heterocycles. The van der Waals surface area contributed by atoms with E-state index in [1.165, 1.54) is 16.4 Å². The Hall–Kier alpha value is -0.870. The lowest BCUT2D eigenvalue weighted by molar-refractivity contribution is -0.258. The molecule has 1 heterocycles. The Balaban J connectivity index is 0.00000132. The minimum absolute atomic E-state index is 0.141. The van der Waals surface area contributed by atoms with Crippen molar-refractivity contribution in [2.75, 3.05) is 51.6 Å². The summed E-state index contributed by atoms with van der Waals surface area (Å²) in [5.74, 6) is 0. The number of alkyl halides is 3. The Kier molecular flexibility index (Phi) is 10.9. The highest BCUT2D eigenvalue weighted by molar-refractivity contribution is 8.20. The molecule has 166 valence electrons. The second-order valence-corrected chi connectivity index (χ2v) is 8.91. The van der Waals surface area contributed by atoms with Crippen LogP contribution in [0, 0.1) is 0 Å². The number of allylic oxidation sites excluding steroid dienone is 1. The standard InChI is InChI=1S/C18H25F3N2OS2.C2H6O/c1-4-5-16(25-3)26-23-12-10-22(11-13-23)15-8-6-14(7-9-15)17(2,24)18(19,20)21;1-3-2/h5-9,24H,4,10-13H2,1-3H3;1-2H3/b16-5+;. The zero-order chi connectivity index (χ0) is 22.1. The molecule has 2 rings (SSSR count). The molecule has 1 aromatic rings. The summed E-state index contributed by atoms with van der Waals surface area (Å²) in [6, 6.07) is 6.03. The number of benzene rings is 1. The largest absolute Gasteiger partial charge is 0.421 e. The number of halogens is 3. The van der Waals surface area contributed by atoms with Gasteiger partial charge in [0.25, 0.3) is 0 Å². The van der Waals surface area contributed by atoms with Crippen molar-refractivity contribution in [2.45, 2.75) is 32.0 Å². The van der Waals surface area contributed by atoms with E-state index in [4.69, 9.17) is 0 Å². The van der Waals surface area contributed by atoms with Crippen molar-refractivity contribution >= 4 is 29.4 Å². The van der Waals surface area contributed by atoms with Gasteiger partial charge < -0.3 is 14.7 Å². The van der Waals surface area contributed by atoms with Crippen LogP contribution in [0.1, 0.15) is 25.8 Å². The molecule has 1 N–H and O–H groups in total. The second kappa shape index (κ2) is 12.1. The Morgan fingerprint density at radius 3 is 2.07 bits per heavy atom. The molecule has 29 heavy (non-hydrogen) atoms. The van der Waals surface area contributed by atoms with E-state index in [0.29, 0.717) is 0 Å². The SMILES string of the molecule is CC/C=C(\SC)SN1CCN(c2ccc(C(C)(O)C(F)(F)F)cc2)CC1.COC. The van der Waals surface area contributed by atoms with Gasteiger partial charge in [-0.05, 0) is 49.2 Å². The minimum Gasteiger partial charge on any atom is -0.388 e. The fourth-order valence-corrected chi connectivity index (χ4v) is 4.44. The molecular formula is C20H31F3N2O2S2. The topological polar surface area (TPSA) is 35.9 Å². The van der Waals surface area contributed by atoms with Gasteiger partial charge in [0.2, 0.25) is 0 Å². The minimum atomic E-state index is -4.70.